The van der Waals surface area contributed by atoms with Gasteiger partial charge in [0.2, 0.25) is 0 Å². The van der Waals surface area contributed by atoms with Crippen LogP contribution in [-0.2, 0) is 4.74 Å². The summed E-state index contributed by atoms with van der Waals surface area (Å²) in [6, 6.07) is 0. The quantitative estimate of drug-likeness (QED) is 0.633. The van der Waals surface area contributed by atoms with E-state index in [1.54, 1.807) is 18.9 Å². The summed E-state index contributed by atoms with van der Waals surface area (Å²) in [6.07, 6.45) is 0.0781. The van der Waals surface area contributed by atoms with E-state index in [0.717, 1.165) is 9.71 Å². The highest BCUT2D eigenvalue weighted by Gasteiger charge is 2.13. The van der Waals surface area contributed by atoms with E-state index in [0.29, 0.717) is 0 Å². The number of aliphatic imine (C=N–C) groups is 1. The van der Waals surface area contributed by atoms with E-state index in [2.05, 4.69) is 20.9 Å². The fraction of sp³-hybridized carbons (Fsp3) is 0.750. The number of halogens is 1. The molecule has 0 N–H and O–H groups in total. The molecule has 1 atom stereocenters. The Morgan fingerprint density at radius 3 is 3.00 bits per heavy atom. The van der Waals surface area contributed by atoms with Gasteiger partial charge in [0.25, 0.3) is 0 Å². The van der Waals surface area contributed by atoms with Crippen molar-refractivity contribution < 1.29 is 4.74 Å². The molecule has 1 unspecified atom stereocenters. The van der Waals surface area contributed by atoms with Crippen molar-refractivity contribution in [2.45, 2.75) is 6.23 Å². The SMILES string of the molecule is COC1CSC(Br)=N1. The molecule has 0 aromatic heterocycles. The predicted molar refractivity (Wildman–Crippen MR) is 39.6 cm³/mol. The molecule has 0 saturated carbocycles. The van der Waals surface area contributed by atoms with Crippen LogP contribution in [-0.4, -0.2) is 23.0 Å². The Labute approximate surface area is 60.8 Å². The third-order valence-electron chi connectivity index (χ3n) is 0.863. The zero-order valence-electron chi connectivity index (χ0n) is 4.43. The molecule has 2 nitrogen and oxygen atoms in total. The second-order valence-corrected chi connectivity index (χ2v) is 3.67. The van der Waals surface area contributed by atoms with Crippen molar-refractivity contribution in [3.63, 3.8) is 0 Å². The Morgan fingerprint density at radius 2 is 2.75 bits per heavy atom. The van der Waals surface area contributed by atoms with E-state index in [-0.39, 0.29) is 6.23 Å². The summed E-state index contributed by atoms with van der Waals surface area (Å²) < 4.78 is 5.89. The predicted octanol–water partition coefficient (Wildman–Crippen LogP) is 1.46. The smallest absolute Gasteiger partial charge is 0.159 e. The van der Waals surface area contributed by atoms with Gasteiger partial charge in [-0.05, 0) is 15.9 Å². The normalized spacial score (nSPS) is 28.2. The first-order valence-corrected chi connectivity index (χ1v) is 3.99. The third-order valence-corrected chi connectivity index (χ3v) is 2.55. The second kappa shape index (κ2) is 2.85. The van der Waals surface area contributed by atoms with Crippen LogP contribution in [0.4, 0.5) is 0 Å². The molecule has 4 heteroatoms. The summed E-state index contributed by atoms with van der Waals surface area (Å²) >= 11 is 4.92. The minimum Gasteiger partial charge on any atom is -0.359 e. The lowest BCUT2D eigenvalue weighted by Crippen LogP contribution is -2.04. The number of hydrogen-bond donors (Lipinski definition) is 0. The maximum Gasteiger partial charge on any atom is 0.159 e. The maximum absolute atomic E-state index is 4.94. The van der Waals surface area contributed by atoms with Crippen LogP contribution in [0.3, 0.4) is 0 Å². The first kappa shape index (κ1) is 6.58. The molecule has 0 spiro atoms. The summed E-state index contributed by atoms with van der Waals surface area (Å²) in [4.78, 5) is 4.08. The fourth-order valence-electron chi connectivity index (χ4n) is 0.449. The number of nitrogens with zero attached hydrogens (tertiary/aromatic N) is 1. The summed E-state index contributed by atoms with van der Waals surface area (Å²) in [5.74, 6) is 0.942. The highest BCUT2D eigenvalue weighted by atomic mass is 79.9. The van der Waals surface area contributed by atoms with Crippen LogP contribution in [0.5, 0.6) is 0 Å². The first-order chi connectivity index (χ1) is 3.83. The summed E-state index contributed by atoms with van der Waals surface area (Å²) in [5.41, 5.74) is 0. The third kappa shape index (κ3) is 1.47. The minimum absolute atomic E-state index is 0.0781. The Kier molecular flexibility index (Phi) is 2.34. The van der Waals surface area contributed by atoms with Gasteiger partial charge < -0.3 is 4.74 Å². The standard InChI is InChI=1S/C4H6BrNOS/c1-7-3-2-8-4(5)6-3/h3H,2H2,1H3. The molecule has 1 aliphatic heterocycles. The van der Waals surface area contributed by atoms with Gasteiger partial charge in [-0.1, -0.05) is 11.8 Å². The highest BCUT2D eigenvalue weighted by Crippen LogP contribution is 2.21. The molecule has 46 valence electrons. The van der Waals surface area contributed by atoms with E-state index in [9.17, 15) is 0 Å². The number of rotatable bonds is 1. The van der Waals surface area contributed by atoms with Gasteiger partial charge in [-0.3, -0.25) is 0 Å². The van der Waals surface area contributed by atoms with Gasteiger partial charge in [0.05, 0.1) is 0 Å². The monoisotopic (exact) mass is 195 g/mol. The molecular formula is C4H6BrNOS. The lowest BCUT2D eigenvalue weighted by molar-refractivity contribution is 0.132. The van der Waals surface area contributed by atoms with Crippen molar-refractivity contribution in [3.8, 4) is 0 Å². The van der Waals surface area contributed by atoms with Crippen molar-refractivity contribution >= 4 is 31.6 Å². The van der Waals surface area contributed by atoms with Gasteiger partial charge in [0.1, 0.15) is 3.95 Å². The largest absolute Gasteiger partial charge is 0.359 e. The van der Waals surface area contributed by atoms with E-state index in [4.69, 9.17) is 4.74 Å². The minimum atomic E-state index is 0.0781. The molecule has 0 aromatic carbocycles. The molecule has 0 radical (unpaired) electrons. The second-order valence-electron chi connectivity index (χ2n) is 1.38. The lowest BCUT2D eigenvalue weighted by atomic mass is 10.7. The maximum atomic E-state index is 4.94. The van der Waals surface area contributed by atoms with Gasteiger partial charge >= 0.3 is 0 Å². The fourth-order valence-corrected chi connectivity index (χ4v) is 1.76. The van der Waals surface area contributed by atoms with Gasteiger partial charge in [0.15, 0.2) is 6.23 Å². The molecule has 0 aromatic rings. The number of thioether (sulfide) groups is 1. The number of ether oxygens (including phenoxy) is 1. The first-order valence-electron chi connectivity index (χ1n) is 2.22. The summed E-state index contributed by atoms with van der Waals surface area (Å²) in [6.45, 7) is 0. The van der Waals surface area contributed by atoms with Gasteiger partial charge in [-0.25, -0.2) is 4.99 Å². The van der Waals surface area contributed by atoms with Gasteiger partial charge in [-0.2, -0.15) is 0 Å². The van der Waals surface area contributed by atoms with E-state index in [1.165, 1.54) is 0 Å². The van der Waals surface area contributed by atoms with Crippen molar-refractivity contribution in [2.75, 3.05) is 12.9 Å². The Balaban J connectivity index is 2.41. The topological polar surface area (TPSA) is 21.6 Å². The van der Waals surface area contributed by atoms with Crippen LogP contribution in [0, 0.1) is 0 Å². The molecule has 0 fully saturated rings. The van der Waals surface area contributed by atoms with Crippen LogP contribution in [0.1, 0.15) is 0 Å². The zero-order chi connectivity index (χ0) is 5.98. The highest BCUT2D eigenvalue weighted by molar-refractivity contribution is 9.22. The van der Waals surface area contributed by atoms with Crippen LogP contribution in [0.25, 0.3) is 0 Å². The Morgan fingerprint density at radius 1 is 2.00 bits per heavy atom. The Hall–Kier alpha value is 0.460. The van der Waals surface area contributed by atoms with E-state index in [1.807, 2.05) is 0 Å². The van der Waals surface area contributed by atoms with E-state index >= 15 is 0 Å². The van der Waals surface area contributed by atoms with Gasteiger partial charge in [0, 0.05) is 12.9 Å². The van der Waals surface area contributed by atoms with E-state index < -0.39 is 0 Å². The number of hydrogen-bond acceptors (Lipinski definition) is 3. The molecular weight excluding hydrogens is 190 g/mol. The molecule has 0 amide bonds. The van der Waals surface area contributed by atoms with Gasteiger partial charge in [-0.15, -0.1) is 0 Å². The molecule has 1 aliphatic rings. The number of methoxy groups -OCH3 is 1. The summed E-state index contributed by atoms with van der Waals surface area (Å²) in [5, 5.41) is 0. The van der Waals surface area contributed by atoms with Crippen LogP contribution in [0.15, 0.2) is 4.99 Å². The molecule has 1 rings (SSSR count). The zero-order valence-corrected chi connectivity index (χ0v) is 6.83. The van der Waals surface area contributed by atoms with Crippen LogP contribution in [0.2, 0.25) is 0 Å². The molecule has 0 aliphatic carbocycles. The van der Waals surface area contributed by atoms with Crippen LogP contribution >= 0.6 is 27.7 Å². The molecule has 8 heavy (non-hydrogen) atoms. The van der Waals surface area contributed by atoms with Crippen molar-refractivity contribution in [1.82, 2.24) is 0 Å². The molecule has 1 heterocycles. The summed E-state index contributed by atoms with van der Waals surface area (Å²) in [7, 11) is 1.67. The van der Waals surface area contributed by atoms with Crippen molar-refractivity contribution in [1.29, 1.82) is 0 Å². The van der Waals surface area contributed by atoms with Crippen molar-refractivity contribution in [2.24, 2.45) is 4.99 Å². The average molecular weight is 196 g/mol. The lowest BCUT2D eigenvalue weighted by Gasteiger charge is -1.98. The molecule has 0 bridgehead atoms. The Bertz CT molecular complexity index is 117. The van der Waals surface area contributed by atoms with Crippen LogP contribution < -0.4 is 0 Å². The molecule has 0 saturated heterocycles. The van der Waals surface area contributed by atoms with Crippen molar-refractivity contribution in [3.05, 3.63) is 0 Å². The average Bonchev–Trinajstić information content (AvgIpc) is 2.14.